The standard InChI is InChI=1S/C14H22N2OS/c1-2-12-6-7-13(18-12)9-16-14(17)10-4-3-5-11(15)8-10/h6-7,10-11H,2-5,8-9,15H2,1H3,(H,16,17). The quantitative estimate of drug-likeness (QED) is 0.879. The molecule has 2 rings (SSSR count). The van der Waals surface area contributed by atoms with Gasteiger partial charge in [-0.1, -0.05) is 13.3 Å². The first kappa shape index (κ1) is 13.6. The Morgan fingerprint density at radius 3 is 2.89 bits per heavy atom. The minimum atomic E-state index is 0.124. The summed E-state index contributed by atoms with van der Waals surface area (Å²) >= 11 is 1.78. The highest BCUT2D eigenvalue weighted by atomic mass is 32.1. The fourth-order valence-corrected chi connectivity index (χ4v) is 3.39. The summed E-state index contributed by atoms with van der Waals surface area (Å²) in [7, 11) is 0. The minimum absolute atomic E-state index is 0.124. The van der Waals surface area contributed by atoms with Gasteiger partial charge >= 0.3 is 0 Å². The zero-order valence-corrected chi connectivity index (χ0v) is 11.8. The lowest BCUT2D eigenvalue weighted by atomic mass is 9.85. The summed E-state index contributed by atoms with van der Waals surface area (Å²) < 4.78 is 0. The van der Waals surface area contributed by atoms with E-state index in [1.165, 1.54) is 9.75 Å². The molecule has 2 atom stereocenters. The third-order valence-electron chi connectivity index (χ3n) is 3.59. The molecule has 100 valence electrons. The predicted octanol–water partition coefficient (Wildman–Crippen LogP) is 2.44. The highest BCUT2D eigenvalue weighted by Crippen LogP contribution is 2.23. The molecule has 0 aliphatic heterocycles. The summed E-state index contributed by atoms with van der Waals surface area (Å²) in [5, 5.41) is 3.04. The van der Waals surface area contributed by atoms with Crippen molar-refractivity contribution < 1.29 is 4.79 Å². The van der Waals surface area contributed by atoms with Gasteiger partial charge in [0.1, 0.15) is 0 Å². The SMILES string of the molecule is CCc1ccc(CNC(=O)C2CCCC(N)C2)s1. The Labute approximate surface area is 113 Å². The Kier molecular flexibility index (Phi) is 4.78. The van der Waals surface area contributed by atoms with Crippen LogP contribution in [-0.4, -0.2) is 11.9 Å². The number of thiophene rings is 1. The van der Waals surface area contributed by atoms with E-state index in [0.717, 1.165) is 32.1 Å². The van der Waals surface area contributed by atoms with Crippen molar-refractivity contribution in [3.8, 4) is 0 Å². The zero-order chi connectivity index (χ0) is 13.0. The summed E-state index contributed by atoms with van der Waals surface area (Å²) in [6, 6.07) is 4.46. The molecule has 2 unspecified atom stereocenters. The van der Waals surface area contributed by atoms with Gasteiger partial charge in [-0.3, -0.25) is 4.79 Å². The first-order valence-corrected chi connectivity index (χ1v) is 7.61. The zero-order valence-electron chi connectivity index (χ0n) is 10.9. The van der Waals surface area contributed by atoms with Crippen LogP contribution in [0.1, 0.15) is 42.4 Å². The largest absolute Gasteiger partial charge is 0.351 e. The maximum absolute atomic E-state index is 12.0. The smallest absolute Gasteiger partial charge is 0.223 e. The van der Waals surface area contributed by atoms with Gasteiger partial charge in [0.05, 0.1) is 6.54 Å². The molecule has 1 amide bonds. The van der Waals surface area contributed by atoms with Crippen molar-refractivity contribution in [1.29, 1.82) is 0 Å². The summed E-state index contributed by atoms with van der Waals surface area (Å²) in [6.45, 7) is 2.81. The molecule has 3 N–H and O–H groups in total. The predicted molar refractivity (Wildman–Crippen MR) is 75.5 cm³/mol. The molecule has 18 heavy (non-hydrogen) atoms. The van der Waals surface area contributed by atoms with Crippen LogP contribution in [0.4, 0.5) is 0 Å². The molecule has 1 aromatic heterocycles. The number of hydrogen-bond acceptors (Lipinski definition) is 3. The molecule has 1 aliphatic rings. The van der Waals surface area contributed by atoms with E-state index in [-0.39, 0.29) is 17.9 Å². The minimum Gasteiger partial charge on any atom is -0.351 e. The molecule has 1 aliphatic carbocycles. The lowest BCUT2D eigenvalue weighted by Gasteiger charge is -2.25. The summed E-state index contributed by atoms with van der Waals surface area (Å²) in [5.74, 6) is 0.302. The topological polar surface area (TPSA) is 55.1 Å². The van der Waals surface area contributed by atoms with Gasteiger partial charge in [-0.15, -0.1) is 11.3 Å². The Hall–Kier alpha value is -0.870. The summed E-state index contributed by atoms with van der Waals surface area (Å²) in [4.78, 5) is 14.6. The average molecular weight is 266 g/mol. The number of nitrogens with one attached hydrogen (secondary N) is 1. The molecular weight excluding hydrogens is 244 g/mol. The van der Waals surface area contributed by atoms with Crippen LogP contribution in [0.2, 0.25) is 0 Å². The third kappa shape index (κ3) is 3.56. The Bertz CT molecular complexity index is 402. The maximum atomic E-state index is 12.0. The first-order valence-electron chi connectivity index (χ1n) is 6.80. The third-order valence-corrected chi connectivity index (χ3v) is 4.82. The lowest BCUT2D eigenvalue weighted by Crippen LogP contribution is -2.37. The molecule has 3 nitrogen and oxygen atoms in total. The van der Waals surface area contributed by atoms with E-state index in [4.69, 9.17) is 5.73 Å². The molecule has 0 spiro atoms. The normalized spacial score (nSPS) is 23.9. The number of nitrogens with two attached hydrogens (primary N) is 1. The molecule has 0 saturated heterocycles. The second-order valence-electron chi connectivity index (χ2n) is 5.06. The van der Waals surface area contributed by atoms with Gasteiger partial charge in [0, 0.05) is 21.7 Å². The van der Waals surface area contributed by atoms with Crippen molar-refractivity contribution in [3.05, 3.63) is 21.9 Å². The monoisotopic (exact) mass is 266 g/mol. The van der Waals surface area contributed by atoms with E-state index in [0.29, 0.717) is 6.54 Å². The molecule has 0 aromatic carbocycles. The molecule has 4 heteroatoms. The highest BCUT2D eigenvalue weighted by Gasteiger charge is 2.24. The number of amides is 1. The van der Waals surface area contributed by atoms with Gasteiger partial charge in [0.25, 0.3) is 0 Å². The number of rotatable bonds is 4. The van der Waals surface area contributed by atoms with Gasteiger partial charge in [0.15, 0.2) is 0 Å². The van der Waals surface area contributed by atoms with E-state index in [2.05, 4.69) is 24.4 Å². The van der Waals surface area contributed by atoms with Crippen LogP contribution in [0, 0.1) is 5.92 Å². The fraction of sp³-hybridized carbons (Fsp3) is 0.643. The molecule has 1 heterocycles. The van der Waals surface area contributed by atoms with E-state index < -0.39 is 0 Å². The second-order valence-corrected chi connectivity index (χ2v) is 6.32. The lowest BCUT2D eigenvalue weighted by molar-refractivity contribution is -0.126. The maximum Gasteiger partial charge on any atom is 0.223 e. The van der Waals surface area contributed by atoms with E-state index in [1.807, 2.05) is 0 Å². The number of hydrogen-bond donors (Lipinski definition) is 2. The van der Waals surface area contributed by atoms with Crippen molar-refractivity contribution in [1.82, 2.24) is 5.32 Å². The second kappa shape index (κ2) is 6.34. The van der Waals surface area contributed by atoms with Gasteiger partial charge < -0.3 is 11.1 Å². The van der Waals surface area contributed by atoms with Crippen LogP contribution in [-0.2, 0) is 17.8 Å². The molecule has 0 bridgehead atoms. The van der Waals surface area contributed by atoms with Crippen LogP contribution in [0.15, 0.2) is 12.1 Å². The number of aryl methyl sites for hydroxylation is 1. The van der Waals surface area contributed by atoms with E-state index in [1.54, 1.807) is 11.3 Å². The highest BCUT2D eigenvalue weighted by molar-refractivity contribution is 7.11. The summed E-state index contributed by atoms with van der Waals surface area (Å²) in [5.41, 5.74) is 5.91. The summed E-state index contributed by atoms with van der Waals surface area (Å²) in [6.07, 6.45) is 5.05. The van der Waals surface area contributed by atoms with E-state index in [9.17, 15) is 4.79 Å². The molecule has 1 aromatic rings. The van der Waals surface area contributed by atoms with Gasteiger partial charge in [-0.05, 0) is 37.8 Å². The van der Waals surface area contributed by atoms with Crippen molar-refractivity contribution in [2.24, 2.45) is 11.7 Å². The molecular formula is C14H22N2OS. The van der Waals surface area contributed by atoms with Crippen LogP contribution >= 0.6 is 11.3 Å². The van der Waals surface area contributed by atoms with Gasteiger partial charge in [0.2, 0.25) is 5.91 Å². The molecule has 0 radical (unpaired) electrons. The van der Waals surface area contributed by atoms with Crippen molar-refractivity contribution in [3.63, 3.8) is 0 Å². The van der Waals surface area contributed by atoms with Crippen LogP contribution in [0.25, 0.3) is 0 Å². The Morgan fingerprint density at radius 1 is 1.44 bits per heavy atom. The molecule has 1 saturated carbocycles. The average Bonchev–Trinajstić information content (AvgIpc) is 2.84. The van der Waals surface area contributed by atoms with Crippen molar-refractivity contribution in [2.45, 2.75) is 51.6 Å². The fourth-order valence-electron chi connectivity index (χ4n) is 2.49. The Balaban J connectivity index is 1.80. The molecule has 1 fully saturated rings. The Morgan fingerprint density at radius 2 is 2.22 bits per heavy atom. The van der Waals surface area contributed by atoms with Crippen LogP contribution < -0.4 is 11.1 Å². The van der Waals surface area contributed by atoms with Crippen molar-refractivity contribution >= 4 is 17.2 Å². The number of carbonyl (C=O) groups is 1. The van der Waals surface area contributed by atoms with Crippen molar-refractivity contribution in [2.75, 3.05) is 0 Å². The van der Waals surface area contributed by atoms with Crippen LogP contribution in [0.3, 0.4) is 0 Å². The first-order chi connectivity index (χ1) is 8.69. The van der Waals surface area contributed by atoms with Crippen LogP contribution in [0.5, 0.6) is 0 Å². The van der Waals surface area contributed by atoms with Gasteiger partial charge in [-0.25, -0.2) is 0 Å². The van der Waals surface area contributed by atoms with Gasteiger partial charge in [-0.2, -0.15) is 0 Å². The number of carbonyl (C=O) groups excluding carboxylic acids is 1. The van der Waals surface area contributed by atoms with E-state index >= 15 is 0 Å².